The minimum absolute atomic E-state index is 0.495. The van der Waals surface area contributed by atoms with Crippen molar-refractivity contribution in [1.29, 1.82) is 5.26 Å². The van der Waals surface area contributed by atoms with E-state index in [0.29, 0.717) is 6.42 Å². The lowest BCUT2D eigenvalue weighted by molar-refractivity contribution is 1.26. The Bertz CT molecular complexity index is 208. The summed E-state index contributed by atoms with van der Waals surface area (Å²) in [6.07, 6.45) is 0.495. The van der Waals surface area contributed by atoms with Crippen molar-refractivity contribution in [1.82, 2.24) is 0 Å². The van der Waals surface area contributed by atoms with Gasteiger partial charge in [-0.2, -0.15) is 5.26 Å². The van der Waals surface area contributed by atoms with Crippen molar-refractivity contribution < 1.29 is 0 Å². The largest absolute Gasteiger partial charge is 0.198 e. The van der Waals surface area contributed by atoms with Crippen LogP contribution < -0.4 is 0 Å². The molecule has 0 fully saturated rings. The van der Waals surface area contributed by atoms with Crippen LogP contribution in [0.5, 0.6) is 0 Å². The van der Waals surface area contributed by atoms with Crippen molar-refractivity contribution in [2.75, 3.05) is 0 Å². The van der Waals surface area contributed by atoms with Crippen LogP contribution in [-0.2, 0) is 6.42 Å². The molecular formula is C8H6N. The van der Waals surface area contributed by atoms with Crippen molar-refractivity contribution in [3.8, 4) is 6.07 Å². The van der Waals surface area contributed by atoms with Crippen LogP contribution in [0.1, 0.15) is 5.56 Å². The normalized spacial score (nSPS) is 8.33. The van der Waals surface area contributed by atoms with Crippen LogP contribution in [0.2, 0.25) is 0 Å². The lowest BCUT2D eigenvalue weighted by Crippen LogP contribution is -1.76. The Balaban J connectivity index is 2.76. The molecule has 0 aliphatic rings. The molecule has 43 valence electrons. The first-order chi connectivity index (χ1) is 4.43. The van der Waals surface area contributed by atoms with Crippen molar-refractivity contribution >= 4 is 0 Å². The summed E-state index contributed by atoms with van der Waals surface area (Å²) >= 11 is 0. The van der Waals surface area contributed by atoms with E-state index in [0.717, 1.165) is 5.56 Å². The predicted molar refractivity (Wildman–Crippen MR) is 34.6 cm³/mol. The topological polar surface area (TPSA) is 23.8 Å². The molecule has 0 aromatic heterocycles. The van der Waals surface area contributed by atoms with Gasteiger partial charge in [-0.25, -0.2) is 0 Å². The summed E-state index contributed by atoms with van der Waals surface area (Å²) in [4.78, 5) is 0. The first kappa shape index (κ1) is 5.84. The van der Waals surface area contributed by atoms with E-state index in [1.54, 1.807) is 0 Å². The second-order valence-corrected chi connectivity index (χ2v) is 1.74. The number of benzene rings is 1. The van der Waals surface area contributed by atoms with E-state index in [1.165, 1.54) is 0 Å². The average molecular weight is 116 g/mol. The second-order valence-electron chi connectivity index (χ2n) is 1.74. The zero-order valence-electron chi connectivity index (χ0n) is 4.96. The Morgan fingerprint density at radius 1 is 1.44 bits per heavy atom. The zero-order chi connectivity index (χ0) is 6.53. The fraction of sp³-hybridized carbons (Fsp3) is 0.125. The van der Waals surface area contributed by atoms with Gasteiger partial charge < -0.3 is 0 Å². The molecule has 1 aromatic rings. The van der Waals surface area contributed by atoms with Gasteiger partial charge in [-0.05, 0) is 11.6 Å². The molecule has 1 rings (SSSR count). The van der Waals surface area contributed by atoms with Gasteiger partial charge in [0.2, 0.25) is 0 Å². The summed E-state index contributed by atoms with van der Waals surface area (Å²) in [5.74, 6) is 0. The summed E-state index contributed by atoms with van der Waals surface area (Å²) < 4.78 is 0. The molecule has 0 saturated heterocycles. The van der Waals surface area contributed by atoms with Gasteiger partial charge in [-0.1, -0.05) is 24.3 Å². The highest BCUT2D eigenvalue weighted by atomic mass is 14.2. The van der Waals surface area contributed by atoms with E-state index in [4.69, 9.17) is 5.26 Å². The number of hydrogen-bond acceptors (Lipinski definition) is 1. The number of rotatable bonds is 1. The van der Waals surface area contributed by atoms with Gasteiger partial charge in [0.25, 0.3) is 0 Å². The third kappa shape index (κ3) is 1.58. The Kier molecular flexibility index (Phi) is 1.87. The third-order valence-corrected chi connectivity index (χ3v) is 1.07. The molecule has 0 saturated carbocycles. The summed E-state index contributed by atoms with van der Waals surface area (Å²) in [6, 6.07) is 12.4. The number of hydrogen-bond donors (Lipinski definition) is 0. The van der Waals surface area contributed by atoms with Crippen molar-refractivity contribution in [3.05, 3.63) is 35.9 Å². The van der Waals surface area contributed by atoms with Gasteiger partial charge >= 0.3 is 0 Å². The van der Waals surface area contributed by atoms with Crippen LogP contribution in [0.4, 0.5) is 0 Å². The summed E-state index contributed by atoms with van der Waals surface area (Å²) in [6.45, 7) is 0. The molecule has 0 spiro atoms. The molecule has 1 radical (unpaired) electrons. The highest BCUT2D eigenvalue weighted by Gasteiger charge is 1.84. The fourth-order valence-electron chi connectivity index (χ4n) is 0.631. The average Bonchev–Trinajstić information content (AvgIpc) is 1.91. The lowest BCUT2D eigenvalue weighted by atomic mass is 10.2. The molecule has 1 aromatic carbocycles. The molecule has 0 N–H and O–H groups in total. The lowest BCUT2D eigenvalue weighted by Gasteiger charge is -1.87. The first-order valence-corrected chi connectivity index (χ1v) is 2.75. The Morgan fingerprint density at radius 3 is 2.67 bits per heavy atom. The van der Waals surface area contributed by atoms with Gasteiger partial charge in [0.05, 0.1) is 12.5 Å². The predicted octanol–water partition coefficient (Wildman–Crippen LogP) is 1.55. The standard InChI is InChI=1S/C8H6N/c9-7-6-8-4-2-1-3-5-8/h2-5H,6H2. The quantitative estimate of drug-likeness (QED) is 0.546. The Labute approximate surface area is 54.6 Å². The fourth-order valence-corrected chi connectivity index (χ4v) is 0.631. The van der Waals surface area contributed by atoms with Crippen LogP contribution in [0.15, 0.2) is 24.3 Å². The van der Waals surface area contributed by atoms with Crippen LogP contribution in [0.3, 0.4) is 0 Å². The van der Waals surface area contributed by atoms with Crippen molar-refractivity contribution in [2.24, 2.45) is 0 Å². The van der Waals surface area contributed by atoms with Crippen LogP contribution in [0, 0.1) is 17.4 Å². The summed E-state index contributed by atoms with van der Waals surface area (Å²) in [5, 5.41) is 8.26. The second kappa shape index (κ2) is 2.88. The van der Waals surface area contributed by atoms with E-state index < -0.39 is 0 Å². The minimum atomic E-state index is 0.495. The molecule has 9 heavy (non-hydrogen) atoms. The van der Waals surface area contributed by atoms with E-state index in [-0.39, 0.29) is 0 Å². The Hall–Kier alpha value is -1.29. The van der Waals surface area contributed by atoms with Gasteiger partial charge in [-0.3, -0.25) is 0 Å². The van der Waals surface area contributed by atoms with E-state index in [2.05, 4.69) is 12.1 Å². The maximum Gasteiger partial charge on any atom is 0.0669 e. The first-order valence-electron chi connectivity index (χ1n) is 2.75. The molecule has 0 heterocycles. The van der Waals surface area contributed by atoms with E-state index in [9.17, 15) is 0 Å². The number of nitrogens with zero attached hydrogens (tertiary/aromatic N) is 1. The van der Waals surface area contributed by atoms with Crippen molar-refractivity contribution in [3.63, 3.8) is 0 Å². The zero-order valence-corrected chi connectivity index (χ0v) is 4.96. The van der Waals surface area contributed by atoms with Crippen LogP contribution in [-0.4, -0.2) is 0 Å². The summed E-state index contributed by atoms with van der Waals surface area (Å²) in [7, 11) is 0. The summed E-state index contributed by atoms with van der Waals surface area (Å²) in [5.41, 5.74) is 1.05. The highest BCUT2D eigenvalue weighted by Crippen LogP contribution is 1.96. The number of nitriles is 1. The van der Waals surface area contributed by atoms with Gasteiger partial charge in [-0.15, -0.1) is 0 Å². The SMILES string of the molecule is N#CCc1cc[c]cc1. The van der Waals surface area contributed by atoms with E-state index >= 15 is 0 Å². The maximum atomic E-state index is 8.26. The van der Waals surface area contributed by atoms with E-state index in [1.807, 2.05) is 24.3 Å². The molecular weight excluding hydrogens is 110 g/mol. The molecule has 0 unspecified atom stereocenters. The molecule has 0 atom stereocenters. The minimum Gasteiger partial charge on any atom is -0.198 e. The Morgan fingerprint density at radius 2 is 2.11 bits per heavy atom. The van der Waals surface area contributed by atoms with Gasteiger partial charge in [0.1, 0.15) is 0 Å². The molecule has 1 heteroatoms. The van der Waals surface area contributed by atoms with Gasteiger partial charge in [0, 0.05) is 0 Å². The third-order valence-electron chi connectivity index (χ3n) is 1.07. The highest BCUT2D eigenvalue weighted by molar-refractivity contribution is 5.16. The van der Waals surface area contributed by atoms with Crippen LogP contribution >= 0.6 is 0 Å². The molecule has 1 nitrogen and oxygen atoms in total. The van der Waals surface area contributed by atoms with Gasteiger partial charge in [0.15, 0.2) is 0 Å². The maximum absolute atomic E-state index is 8.26. The molecule has 0 aliphatic carbocycles. The monoisotopic (exact) mass is 116 g/mol. The van der Waals surface area contributed by atoms with Crippen LogP contribution in [0.25, 0.3) is 0 Å². The van der Waals surface area contributed by atoms with Crippen molar-refractivity contribution in [2.45, 2.75) is 6.42 Å². The molecule has 0 bridgehead atoms. The smallest absolute Gasteiger partial charge is 0.0669 e. The molecule has 0 amide bonds. The molecule has 0 aliphatic heterocycles.